The summed E-state index contributed by atoms with van der Waals surface area (Å²) < 4.78 is 91.0. The third-order valence-electron chi connectivity index (χ3n) is 17.0. The van der Waals surface area contributed by atoms with E-state index < -0.39 is 50.6 Å². The number of nitrogens with zero attached hydrogens (tertiary/aromatic N) is 5. The van der Waals surface area contributed by atoms with E-state index in [1.165, 1.54) is 28.5 Å². The highest BCUT2D eigenvalue weighted by atomic mass is 28.5. The van der Waals surface area contributed by atoms with Crippen molar-refractivity contribution >= 4 is 44.9 Å². The molecule has 0 saturated carbocycles. The van der Waals surface area contributed by atoms with E-state index in [4.69, 9.17) is 74.2 Å². The molecule has 0 N–H and O–H groups in total. The van der Waals surface area contributed by atoms with Gasteiger partial charge in [-0.3, -0.25) is 0 Å². The predicted molar refractivity (Wildman–Crippen MR) is 357 cm³/mol. The third-order valence-corrected chi connectivity index (χ3v) is 31.1. The van der Waals surface area contributed by atoms with E-state index >= 15 is 0 Å². The number of anilines is 2. The zero-order valence-corrected chi connectivity index (χ0v) is 60.1. The van der Waals surface area contributed by atoms with E-state index in [0.717, 1.165) is 164 Å². The quantitative estimate of drug-likeness (QED) is 0.0400. The van der Waals surface area contributed by atoms with E-state index in [1.54, 1.807) is 0 Å². The van der Waals surface area contributed by atoms with Crippen molar-refractivity contribution in [3.8, 4) is 0 Å². The van der Waals surface area contributed by atoms with Crippen molar-refractivity contribution in [3.63, 3.8) is 0 Å². The Kier molecular flexibility index (Phi) is 25.9. The molecule has 1 aromatic heterocycles. The Morgan fingerprint density at radius 3 is 0.902 bits per heavy atom. The Balaban J connectivity index is 0.000000140. The first-order chi connectivity index (χ1) is 44.1. The minimum Gasteiger partial charge on any atom is -0.437 e. The van der Waals surface area contributed by atoms with E-state index in [0.29, 0.717) is 62.5 Å². The molecular weight excluding hydrogens is 1260 g/mol. The van der Waals surface area contributed by atoms with Gasteiger partial charge in [0.15, 0.2) is 25.0 Å². The van der Waals surface area contributed by atoms with Crippen molar-refractivity contribution in [3.05, 3.63) is 91.1 Å². The molecule has 3 aromatic rings. The first kappa shape index (κ1) is 71.4. The van der Waals surface area contributed by atoms with Gasteiger partial charge in [0.25, 0.3) is 0 Å². The number of hydrogen-bond acceptors (Lipinski definition) is 21. The maximum absolute atomic E-state index is 12.4. The van der Waals surface area contributed by atoms with Crippen LogP contribution in [0.3, 0.4) is 0 Å². The Morgan fingerprint density at radius 2 is 0.652 bits per heavy atom. The molecule has 92 heavy (non-hydrogen) atoms. The zero-order valence-electron chi connectivity index (χ0n) is 56.1. The van der Waals surface area contributed by atoms with Gasteiger partial charge in [-0.2, -0.15) is 0 Å². The molecule has 10 fully saturated rings. The normalized spacial score (nSPS) is 25.8. The topological polar surface area (TPSA) is 253 Å². The Bertz CT molecular complexity index is 2650. The lowest BCUT2D eigenvalue weighted by Crippen LogP contribution is -2.55. The highest BCUT2D eigenvalue weighted by molar-refractivity contribution is 6.87. The van der Waals surface area contributed by atoms with Crippen molar-refractivity contribution in [1.29, 1.82) is 0 Å². The van der Waals surface area contributed by atoms with Gasteiger partial charge in [-0.05, 0) is 132 Å². The van der Waals surface area contributed by atoms with Crippen LogP contribution in [0.5, 0.6) is 0 Å². The maximum Gasteiger partial charge on any atom is 0.336 e. The van der Waals surface area contributed by atoms with Gasteiger partial charge in [0, 0.05) is 64.5 Å². The van der Waals surface area contributed by atoms with Crippen LogP contribution in [0.25, 0.3) is 0 Å². The number of epoxide rings is 10. The van der Waals surface area contributed by atoms with Crippen LogP contribution in [-0.2, 0) is 100 Å². The summed E-state index contributed by atoms with van der Waals surface area (Å²) in [5.41, 5.74) is 3.39. The smallest absolute Gasteiger partial charge is 0.336 e. The molecule has 10 unspecified atom stereocenters. The largest absolute Gasteiger partial charge is 0.437 e. The lowest BCUT2D eigenvalue weighted by atomic mass is 10.0. The van der Waals surface area contributed by atoms with Gasteiger partial charge in [-0.1, -0.05) is 24.3 Å². The molecule has 28 heteroatoms. The van der Waals surface area contributed by atoms with Crippen LogP contribution in [0.4, 0.5) is 11.4 Å². The lowest BCUT2D eigenvalue weighted by Gasteiger charge is -2.38. The summed E-state index contributed by atoms with van der Waals surface area (Å²) in [5, 5.41) is 0. The standard InChI is InChI=1S/C25H30N2O4.C18H40O6Si3.C12H15N3O6.C9H20O3Si/c1-5-20(26(10-22-14-28-22)11-23-15-29-23)6-2-18(1)9-19-3-7-21(8-4-19)27(12-24-16-30-24)13-25-17-31-25;1-25(2,11-7-9-19-13-17-15-21-17)23-27(5,6)24-26(3,4)12-8-10-20-14-18-16-22-18;16-10-13(1-7-4-19-7)11(17)15(3-9-6-21-9)12(18)14(10)2-8-5-20-8;1-10-13(2,3)6-4-5-11-7-9-8-12-9/h1-8,22-25H,9-17H2;17-18H,7-16H2,1-6H3;7-9H,1-6H2;9H,4-8H2,1-3H3. The van der Waals surface area contributed by atoms with Crippen LogP contribution in [0, 0.1) is 0 Å². The maximum atomic E-state index is 12.4. The first-order valence-corrected chi connectivity index (χ1v) is 45.8. The van der Waals surface area contributed by atoms with E-state index in [2.05, 4.69) is 111 Å². The van der Waals surface area contributed by atoms with Crippen LogP contribution < -0.4 is 26.9 Å². The number of ether oxygens (including phenoxy) is 13. The molecular formula is C64H105N5O19Si4. The second-order valence-corrected chi connectivity index (χ2v) is 45.1. The van der Waals surface area contributed by atoms with E-state index in [9.17, 15) is 14.4 Å². The van der Waals surface area contributed by atoms with Crippen molar-refractivity contribution in [2.45, 2.75) is 177 Å². The molecule has 13 rings (SSSR count). The molecule has 0 bridgehead atoms. The monoisotopic (exact) mass is 1360 g/mol. The Morgan fingerprint density at radius 1 is 0.391 bits per heavy atom. The van der Waals surface area contributed by atoms with Crippen LogP contribution in [0.2, 0.25) is 70.5 Å². The predicted octanol–water partition coefficient (Wildman–Crippen LogP) is 5.24. The van der Waals surface area contributed by atoms with Gasteiger partial charge < -0.3 is 84.0 Å². The number of hydrogen-bond donors (Lipinski definition) is 0. The number of benzene rings is 2. The summed E-state index contributed by atoms with van der Waals surface area (Å²) in [6, 6.07) is 21.3. The molecule has 11 heterocycles. The molecule has 24 nitrogen and oxygen atoms in total. The molecule has 10 saturated heterocycles. The number of rotatable bonds is 41. The minimum absolute atomic E-state index is 0.121. The van der Waals surface area contributed by atoms with Crippen molar-refractivity contribution in [2.75, 3.05) is 149 Å². The minimum atomic E-state index is -2.13. The molecule has 0 amide bonds. The molecule has 0 radical (unpaired) electrons. The van der Waals surface area contributed by atoms with Crippen molar-refractivity contribution in [1.82, 2.24) is 13.7 Å². The summed E-state index contributed by atoms with van der Waals surface area (Å²) in [6.45, 7) is 34.9. The summed E-state index contributed by atoms with van der Waals surface area (Å²) in [5.74, 6) is 0. The highest BCUT2D eigenvalue weighted by Crippen LogP contribution is 2.29. The van der Waals surface area contributed by atoms with Crippen LogP contribution >= 0.6 is 0 Å². The highest BCUT2D eigenvalue weighted by Gasteiger charge is 2.40. The average Bonchev–Trinajstić information content (AvgIpc) is 1.76. The van der Waals surface area contributed by atoms with Crippen LogP contribution in [0.15, 0.2) is 62.9 Å². The van der Waals surface area contributed by atoms with Gasteiger partial charge in [-0.25, -0.2) is 28.1 Å². The molecule has 10 aliphatic heterocycles. The molecule has 0 aliphatic carbocycles. The van der Waals surface area contributed by atoms with Gasteiger partial charge in [0.05, 0.1) is 148 Å². The lowest BCUT2D eigenvalue weighted by molar-refractivity contribution is 0.116. The van der Waals surface area contributed by atoms with E-state index in [-0.39, 0.29) is 37.9 Å². The SMILES string of the molecule is CO[Si](C)(C)CCCOCC1CO1.C[Si](C)(CCCOCC1CO1)O[Si](C)(C)O[Si](C)(C)CCCOCC1CO1.O=c1n(CC2CO2)c(=O)n(CC2CO2)c(=O)n1CC1CO1.c1cc(N(CC2CO2)CC2CO2)ccc1Cc1ccc(N(CC2CO2)CC2CO2)cc1. The fourth-order valence-electron chi connectivity index (χ4n) is 10.9. The Hall–Kier alpha value is -3.32. The van der Waals surface area contributed by atoms with Crippen molar-refractivity contribution < 1.29 is 74.2 Å². The second kappa shape index (κ2) is 33.3. The molecule has 10 aliphatic rings. The molecule has 516 valence electrons. The van der Waals surface area contributed by atoms with Crippen LogP contribution in [0.1, 0.15) is 30.4 Å². The summed E-state index contributed by atoms with van der Waals surface area (Å²) in [4.78, 5) is 41.9. The second-order valence-electron chi connectivity index (χ2n) is 28.2. The van der Waals surface area contributed by atoms with E-state index in [1.807, 2.05) is 7.11 Å². The molecule has 2 aromatic carbocycles. The van der Waals surface area contributed by atoms with Gasteiger partial charge in [0.2, 0.25) is 0 Å². The summed E-state index contributed by atoms with van der Waals surface area (Å²) in [7, 11) is -5.15. The van der Waals surface area contributed by atoms with Gasteiger partial charge >= 0.3 is 25.6 Å². The first-order valence-electron chi connectivity index (χ1n) is 33.6. The zero-order chi connectivity index (χ0) is 64.9. The van der Waals surface area contributed by atoms with Crippen molar-refractivity contribution in [2.24, 2.45) is 0 Å². The van der Waals surface area contributed by atoms with Gasteiger partial charge in [0.1, 0.15) is 18.3 Å². The summed E-state index contributed by atoms with van der Waals surface area (Å²) in [6.07, 6.45) is 6.43. The fourth-order valence-corrected chi connectivity index (χ4v) is 26.1. The van der Waals surface area contributed by atoms with Gasteiger partial charge in [-0.15, -0.1) is 0 Å². The number of aromatic nitrogens is 3. The third kappa shape index (κ3) is 27.3. The van der Waals surface area contributed by atoms with Crippen LogP contribution in [-0.4, -0.2) is 247 Å². The fraction of sp³-hybridized carbons (Fsp3) is 0.766. The Labute approximate surface area is 547 Å². The average molecular weight is 1360 g/mol. The molecule has 10 atom stereocenters. The summed E-state index contributed by atoms with van der Waals surface area (Å²) >= 11 is 0. The molecule has 0 spiro atoms.